The van der Waals surface area contributed by atoms with E-state index in [-0.39, 0.29) is 10.8 Å². The molecule has 138 valence electrons. The third-order valence-electron chi connectivity index (χ3n) is 4.62. The van der Waals surface area contributed by atoms with Crippen LogP contribution >= 0.6 is 0 Å². The number of anilines is 1. The van der Waals surface area contributed by atoms with Gasteiger partial charge in [0.05, 0.1) is 10.6 Å². The van der Waals surface area contributed by atoms with Gasteiger partial charge < -0.3 is 5.32 Å². The second kappa shape index (κ2) is 7.50. The molecule has 1 aliphatic rings. The van der Waals surface area contributed by atoms with Crippen LogP contribution in [0.5, 0.6) is 0 Å². The average molecular weight is 372 g/mol. The van der Waals surface area contributed by atoms with Gasteiger partial charge in [-0.2, -0.15) is 0 Å². The maximum absolute atomic E-state index is 12.9. The lowest BCUT2D eigenvalue weighted by atomic mass is 10.1. The Balaban J connectivity index is 1.84. The van der Waals surface area contributed by atoms with E-state index in [1.807, 2.05) is 6.92 Å². The summed E-state index contributed by atoms with van der Waals surface area (Å²) in [6, 6.07) is 12.1. The number of aryl methyl sites for hydroxylation is 1. The van der Waals surface area contributed by atoms with Gasteiger partial charge in [-0.1, -0.05) is 31.0 Å². The molecule has 0 spiro atoms. The second-order valence-corrected chi connectivity index (χ2v) is 8.46. The highest BCUT2D eigenvalue weighted by molar-refractivity contribution is 7.92. The quantitative estimate of drug-likeness (QED) is 0.792. The van der Waals surface area contributed by atoms with Crippen molar-refractivity contribution in [2.24, 2.45) is 0 Å². The molecule has 0 saturated heterocycles. The highest BCUT2D eigenvalue weighted by atomic mass is 32.2. The number of fused-ring (bicyclic) bond motifs is 1. The first-order valence-electron chi connectivity index (χ1n) is 8.94. The van der Waals surface area contributed by atoms with Crippen molar-refractivity contribution >= 4 is 21.6 Å². The Morgan fingerprint density at radius 3 is 2.58 bits per heavy atom. The first-order valence-corrected chi connectivity index (χ1v) is 10.4. The van der Waals surface area contributed by atoms with Crippen LogP contribution in [-0.2, 0) is 16.4 Å². The summed E-state index contributed by atoms with van der Waals surface area (Å²) in [6.45, 7) is 5.05. The fourth-order valence-electron chi connectivity index (χ4n) is 3.08. The fraction of sp³-hybridized carbons (Fsp3) is 0.350. The highest BCUT2D eigenvalue weighted by Gasteiger charge is 2.31. The number of rotatable bonds is 6. The van der Waals surface area contributed by atoms with Crippen LogP contribution < -0.4 is 9.62 Å². The lowest BCUT2D eigenvalue weighted by molar-refractivity contribution is 0.0953. The Morgan fingerprint density at radius 2 is 1.88 bits per heavy atom. The van der Waals surface area contributed by atoms with E-state index in [0.29, 0.717) is 30.8 Å². The molecule has 0 aromatic heterocycles. The van der Waals surface area contributed by atoms with Crippen LogP contribution in [0, 0.1) is 6.92 Å². The predicted molar refractivity (Wildman–Crippen MR) is 103 cm³/mol. The number of benzene rings is 2. The van der Waals surface area contributed by atoms with Crippen molar-refractivity contribution in [2.45, 2.75) is 38.0 Å². The number of hydrogen-bond acceptors (Lipinski definition) is 3. The predicted octanol–water partition coefficient (Wildman–Crippen LogP) is 3.28. The lowest BCUT2D eigenvalue weighted by Crippen LogP contribution is -2.29. The molecule has 26 heavy (non-hydrogen) atoms. The van der Waals surface area contributed by atoms with Gasteiger partial charge in [-0.05, 0) is 55.7 Å². The van der Waals surface area contributed by atoms with E-state index in [0.717, 1.165) is 24.0 Å². The number of amides is 1. The molecule has 1 heterocycles. The third-order valence-corrected chi connectivity index (χ3v) is 6.45. The summed E-state index contributed by atoms with van der Waals surface area (Å²) in [5.41, 5.74) is 3.15. The van der Waals surface area contributed by atoms with Crippen molar-refractivity contribution in [3.05, 3.63) is 59.2 Å². The summed E-state index contributed by atoms with van der Waals surface area (Å²) in [7, 11) is -3.59. The van der Waals surface area contributed by atoms with Crippen molar-refractivity contribution < 1.29 is 13.2 Å². The van der Waals surface area contributed by atoms with Crippen molar-refractivity contribution in [3.63, 3.8) is 0 Å². The molecule has 2 aromatic carbocycles. The van der Waals surface area contributed by atoms with Crippen LogP contribution in [0.1, 0.15) is 41.3 Å². The van der Waals surface area contributed by atoms with Gasteiger partial charge in [0.25, 0.3) is 15.9 Å². The van der Waals surface area contributed by atoms with Crippen LogP contribution in [-0.4, -0.2) is 27.4 Å². The summed E-state index contributed by atoms with van der Waals surface area (Å²) in [6.07, 6.45) is 2.58. The summed E-state index contributed by atoms with van der Waals surface area (Å²) < 4.78 is 27.3. The number of hydrogen-bond donors (Lipinski definition) is 1. The summed E-state index contributed by atoms with van der Waals surface area (Å²) >= 11 is 0. The molecule has 0 bridgehead atoms. The molecule has 6 heteroatoms. The van der Waals surface area contributed by atoms with Crippen LogP contribution in [0.15, 0.2) is 47.4 Å². The molecule has 1 amide bonds. The minimum atomic E-state index is -3.59. The average Bonchev–Trinajstić information content (AvgIpc) is 3.06. The molecule has 0 radical (unpaired) electrons. The van der Waals surface area contributed by atoms with E-state index in [1.54, 1.807) is 42.5 Å². The molecule has 3 rings (SSSR count). The first kappa shape index (κ1) is 18.5. The van der Waals surface area contributed by atoms with Gasteiger partial charge in [-0.3, -0.25) is 9.10 Å². The smallest absolute Gasteiger partial charge is 0.264 e. The van der Waals surface area contributed by atoms with E-state index >= 15 is 0 Å². The largest absolute Gasteiger partial charge is 0.352 e. The number of carbonyl (C=O) groups is 1. The molecule has 0 saturated carbocycles. The van der Waals surface area contributed by atoms with Crippen LogP contribution in [0.4, 0.5) is 5.69 Å². The van der Waals surface area contributed by atoms with Crippen molar-refractivity contribution in [2.75, 3.05) is 17.4 Å². The second-order valence-electron chi connectivity index (χ2n) is 6.59. The molecule has 0 unspecified atom stereocenters. The minimum Gasteiger partial charge on any atom is -0.352 e. The van der Waals surface area contributed by atoms with E-state index in [1.165, 1.54) is 4.31 Å². The van der Waals surface area contributed by atoms with Gasteiger partial charge >= 0.3 is 0 Å². The van der Waals surface area contributed by atoms with Crippen molar-refractivity contribution in [1.82, 2.24) is 5.32 Å². The molecule has 2 aromatic rings. The van der Waals surface area contributed by atoms with Gasteiger partial charge in [0, 0.05) is 18.7 Å². The number of nitrogens with one attached hydrogen (secondary N) is 1. The molecular weight excluding hydrogens is 348 g/mol. The minimum absolute atomic E-state index is 0.110. The molecule has 0 atom stereocenters. The SMILES string of the molecule is CCCCNC(=O)c1ccc2c(c1)CCN2S(=O)(=O)c1ccc(C)cc1. The number of carbonyl (C=O) groups excluding carboxylic acids is 1. The zero-order valence-electron chi connectivity index (χ0n) is 15.2. The molecule has 0 aliphatic carbocycles. The van der Waals surface area contributed by atoms with Gasteiger partial charge in [-0.25, -0.2) is 8.42 Å². The van der Waals surface area contributed by atoms with E-state index < -0.39 is 10.0 Å². The number of sulfonamides is 1. The Morgan fingerprint density at radius 1 is 1.15 bits per heavy atom. The monoisotopic (exact) mass is 372 g/mol. The summed E-state index contributed by atoms with van der Waals surface area (Å²) in [4.78, 5) is 12.5. The van der Waals surface area contributed by atoms with Gasteiger partial charge in [0.1, 0.15) is 0 Å². The zero-order chi connectivity index (χ0) is 18.7. The lowest BCUT2D eigenvalue weighted by Gasteiger charge is -2.20. The van der Waals surface area contributed by atoms with Gasteiger partial charge in [0.2, 0.25) is 0 Å². The van der Waals surface area contributed by atoms with Crippen LogP contribution in [0.25, 0.3) is 0 Å². The molecule has 0 fully saturated rings. The molecule has 1 aliphatic heterocycles. The maximum atomic E-state index is 12.9. The van der Waals surface area contributed by atoms with E-state index in [4.69, 9.17) is 0 Å². The van der Waals surface area contributed by atoms with Gasteiger partial charge in [-0.15, -0.1) is 0 Å². The fourth-order valence-corrected chi connectivity index (χ4v) is 4.58. The Bertz CT molecular complexity index is 905. The highest BCUT2D eigenvalue weighted by Crippen LogP contribution is 2.33. The van der Waals surface area contributed by atoms with Crippen LogP contribution in [0.2, 0.25) is 0 Å². The standard InChI is InChI=1S/C20H24N2O3S/c1-3-4-12-21-20(23)17-7-10-19-16(14-17)11-13-22(19)26(24,25)18-8-5-15(2)6-9-18/h5-10,14H,3-4,11-13H2,1-2H3,(H,21,23). The Kier molecular flexibility index (Phi) is 5.32. The number of nitrogens with zero attached hydrogens (tertiary/aromatic N) is 1. The van der Waals surface area contributed by atoms with Gasteiger partial charge in [0.15, 0.2) is 0 Å². The molecule has 5 nitrogen and oxygen atoms in total. The van der Waals surface area contributed by atoms with E-state index in [9.17, 15) is 13.2 Å². The molecule has 1 N–H and O–H groups in total. The summed E-state index contributed by atoms with van der Waals surface area (Å²) in [5, 5.41) is 2.89. The van der Waals surface area contributed by atoms with Crippen molar-refractivity contribution in [1.29, 1.82) is 0 Å². The third kappa shape index (κ3) is 3.60. The summed E-state index contributed by atoms with van der Waals surface area (Å²) in [5.74, 6) is -0.110. The van der Waals surface area contributed by atoms with Crippen LogP contribution in [0.3, 0.4) is 0 Å². The topological polar surface area (TPSA) is 66.5 Å². The first-order chi connectivity index (χ1) is 12.4. The van der Waals surface area contributed by atoms with Crippen molar-refractivity contribution in [3.8, 4) is 0 Å². The Labute approximate surface area is 155 Å². The van der Waals surface area contributed by atoms with E-state index in [2.05, 4.69) is 12.2 Å². The number of unbranched alkanes of at least 4 members (excludes halogenated alkanes) is 1. The Hall–Kier alpha value is -2.34. The normalized spacial score (nSPS) is 13.5. The maximum Gasteiger partial charge on any atom is 0.264 e. The zero-order valence-corrected chi connectivity index (χ0v) is 16.0. The molecular formula is C20H24N2O3S.